The van der Waals surface area contributed by atoms with E-state index in [9.17, 15) is 8.42 Å². The van der Waals surface area contributed by atoms with Gasteiger partial charge in [-0.2, -0.15) is 5.26 Å². The van der Waals surface area contributed by atoms with Crippen LogP contribution in [0.2, 0.25) is 5.02 Å². The van der Waals surface area contributed by atoms with Gasteiger partial charge in [-0.1, -0.05) is 11.6 Å². The quantitative estimate of drug-likeness (QED) is 0.652. The van der Waals surface area contributed by atoms with Gasteiger partial charge in [0, 0.05) is 5.02 Å². The molecular weight excluding hydrogens is 250 g/mol. The van der Waals surface area contributed by atoms with Crippen LogP contribution in [0.15, 0.2) is 39.8 Å². The van der Waals surface area contributed by atoms with E-state index in [1.807, 2.05) is 0 Å². The van der Waals surface area contributed by atoms with Gasteiger partial charge in [-0.3, -0.25) is 0 Å². The molecule has 0 fully saturated rings. The van der Waals surface area contributed by atoms with Gasteiger partial charge in [0.25, 0.3) is 0 Å². The smallest absolute Gasteiger partial charge is 0.219 e. The highest BCUT2D eigenvalue weighted by atomic mass is 35.5. The SMILES string of the molecule is C/C(O)=C(/C#N)S(=O)(=O)c1ccc(Cl)cc1. The third-order valence-corrected chi connectivity index (χ3v) is 3.89. The predicted octanol–water partition coefficient (Wildman–Crippen LogP) is 2.43. The van der Waals surface area contributed by atoms with Gasteiger partial charge in [-0.05, 0) is 31.2 Å². The Kier molecular flexibility index (Phi) is 3.58. The molecule has 1 aromatic carbocycles. The molecule has 0 unspecified atom stereocenters. The van der Waals surface area contributed by atoms with Crippen molar-refractivity contribution in [1.29, 1.82) is 5.26 Å². The highest BCUT2D eigenvalue weighted by Crippen LogP contribution is 2.22. The van der Waals surface area contributed by atoms with Crippen LogP contribution in [0.5, 0.6) is 0 Å². The molecule has 0 saturated heterocycles. The highest BCUT2D eigenvalue weighted by Gasteiger charge is 2.23. The van der Waals surface area contributed by atoms with E-state index in [4.69, 9.17) is 22.0 Å². The second-order valence-corrected chi connectivity index (χ2v) is 5.31. The summed E-state index contributed by atoms with van der Waals surface area (Å²) in [7, 11) is -3.96. The predicted molar refractivity (Wildman–Crippen MR) is 59.6 cm³/mol. The summed E-state index contributed by atoms with van der Waals surface area (Å²) < 4.78 is 23.7. The summed E-state index contributed by atoms with van der Waals surface area (Å²) in [5, 5.41) is 18.2. The number of nitrogens with zero attached hydrogens (tertiary/aromatic N) is 1. The van der Waals surface area contributed by atoms with Gasteiger partial charge in [0.1, 0.15) is 11.8 Å². The summed E-state index contributed by atoms with van der Waals surface area (Å²) in [4.78, 5) is -0.739. The Morgan fingerprint density at radius 2 is 1.88 bits per heavy atom. The van der Waals surface area contributed by atoms with Crippen LogP contribution in [0.1, 0.15) is 6.92 Å². The van der Waals surface area contributed by atoms with E-state index in [1.54, 1.807) is 0 Å². The molecule has 0 aliphatic carbocycles. The van der Waals surface area contributed by atoms with Gasteiger partial charge < -0.3 is 5.11 Å². The lowest BCUT2D eigenvalue weighted by molar-refractivity contribution is 0.412. The van der Waals surface area contributed by atoms with Crippen LogP contribution in [0, 0.1) is 11.3 Å². The second kappa shape index (κ2) is 4.56. The molecule has 0 heterocycles. The first-order valence-corrected chi connectivity index (χ1v) is 6.06. The number of sulfone groups is 1. The molecule has 1 rings (SSSR count). The number of benzene rings is 1. The van der Waals surface area contributed by atoms with E-state index in [2.05, 4.69) is 0 Å². The Balaban J connectivity index is 3.40. The van der Waals surface area contributed by atoms with Crippen LogP contribution in [0.3, 0.4) is 0 Å². The van der Waals surface area contributed by atoms with Crippen LogP contribution in [0.4, 0.5) is 0 Å². The number of hydrogen-bond donors (Lipinski definition) is 1. The topological polar surface area (TPSA) is 78.2 Å². The van der Waals surface area contributed by atoms with E-state index in [0.717, 1.165) is 6.92 Å². The zero-order valence-electron chi connectivity index (χ0n) is 8.31. The molecular formula is C10H8ClNO3S. The third-order valence-electron chi connectivity index (χ3n) is 1.82. The first-order chi connectivity index (χ1) is 7.39. The van der Waals surface area contributed by atoms with E-state index < -0.39 is 20.5 Å². The van der Waals surface area contributed by atoms with Crippen molar-refractivity contribution >= 4 is 21.4 Å². The third kappa shape index (κ3) is 2.35. The van der Waals surface area contributed by atoms with Gasteiger partial charge >= 0.3 is 0 Å². The molecule has 0 radical (unpaired) electrons. The molecule has 0 amide bonds. The van der Waals surface area contributed by atoms with Crippen LogP contribution in [-0.4, -0.2) is 13.5 Å². The largest absolute Gasteiger partial charge is 0.510 e. The molecule has 1 N–H and O–H groups in total. The molecule has 84 valence electrons. The van der Waals surface area contributed by atoms with E-state index in [1.165, 1.54) is 30.3 Å². The van der Waals surface area contributed by atoms with Crippen molar-refractivity contribution in [1.82, 2.24) is 0 Å². The van der Waals surface area contributed by atoms with Crippen molar-refractivity contribution in [3.63, 3.8) is 0 Å². The summed E-state index contributed by atoms with van der Waals surface area (Å²) >= 11 is 5.62. The summed E-state index contributed by atoms with van der Waals surface area (Å²) in [6, 6.07) is 6.81. The maximum absolute atomic E-state index is 11.8. The lowest BCUT2D eigenvalue weighted by Gasteiger charge is -2.03. The maximum Gasteiger partial charge on any atom is 0.219 e. The Labute approximate surface area is 98.3 Å². The maximum atomic E-state index is 11.8. The lowest BCUT2D eigenvalue weighted by atomic mass is 10.4. The van der Waals surface area contributed by atoms with Crippen LogP contribution < -0.4 is 0 Å². The first-order valence-electron chi connectivity index (χ1n) is 4.20. The molecule has 0 aliphatic heterocycles. The molecule has 0 saturated carbocycles. The zero-order valence-corrected chi connectivity index (χ0v) is 9.88. The molecule has 0 atom stereocenters. The van der Waals surface area contributed by atoms with Crippen molar-refractivity contribution in [2.45, 2.75) is 11.8 Å². The van der Waals surface area contributed by atoms with Crippen molar-refractivity contribution in [3.05, 3.63) is 40.0 Å². The van der Waals surface area contributed by atoms with Gasteiger partial charge in [-0.25, -0.2) is 8.42 Å². The highest BCUT2D eigenvalue weighted by molar-refractivity contribution is 7.95. The van der Waals surface area contributed by atoms with Crippen molar-refractivity contribution in [3.8, 4) is 6.07 Å². The van der Waals surface area contributed by atoms with E-state index in [-0.39, 0.29) is 4.90 Å². The van der Waals surface area contributed by atoms with Crippen molar-refractivity contribution in [2.75, 3.05) is 0 Å². The van der Waals surface area contributed by atoms with Crippen LogP contribution in [-0.2, 0) is 9.84 Å². The molecule has 16 heavy (non-hydrogen) atoms. The Morgan fingerprint density at radius 3 is 2.25 bits per heavy atom. The average Bonchev–Trinajstić information content (AvgIpc) is 2.18. The number of rotatable bonds is 2. The first kappa shape index (κ1) is 12.6. The normalized spacial score (nSPS) is 12.8. The van der Waals surface area contributed by atoms with Crippen molar-refractivity contribution < 1.29 is 13.5 Å². The number of nitriles is 1. The number of allylic oxidation sites excluding steroid dienone is 2. The fraction of sp³-hybridized carbons (Fsp3) is 0.100. The van der Waals surface area contributed by atoms with Gasteiger partial charge in [0.2, 0.25) is 9.84 Å². The van der Waals surface area contributed by atoms with E-state index >= 15 is 0 Å². The summed E-state index contributed by atoms with van der Waals surface area (Å²) in [5.41, 5.74) is 0. The van der Waals surface area contributed by atoms with Gasteiger partial charge in [0.15, 0.2) is 4.91 Å². The number of aliphatic hydroxyl groups excluding tert-OH is 1. The van der Waals surface area contributed by atoms with Gasteiger partial charge in [-0.15, -0.1) is 0 Å². The average molecular weight is 258 g/mol. The molecule has 0 bridgehead atoms. The number of hydrogen-bond acceptors (Lipinski definition) is 4. The minimum Gasteiger partial charge on any atom is -0.510 e. The number of aliphatic hydroxyl groups is 1. The summed E-state index contributed by atoms with van der Waals surface area (Å²) in [5.74, 6) is -0.530. The fourth-order valence-corrected chi connectivity index (χ4v) is 2.43. The second-order valence-electron chi connectivity index (χ2n) is 2.98. The minimum atomic E-state index is -3.96. The molecule has 6 heteroatoms. The summed E-state index contributed by atoms with van der Waals surface area (Å²) in [6.07, 6.45) is 0. The molecule has 4 nitrogen and oxygen atoms in total. The molecule has 0 aliphatic rings. The molecule has 1 aromatic rings. The van der Waals surface area contributed by atoms with E-state index in [0.29, 0.717) is 5.02 Å². The Hall–Kier alpha value is -1.51. The van der Waals surface area contributed by atoms with Crippen LogP contribution in [0.25, 0.3) is 0 Å². The van der Waals surface area contributed by atoms with Gasteiger partial charge in [0.05, 0.1) is 4.90 Å². The van der Waals surface area contributed by atoms with Crippen LogP contribution >= 0.6 is 11.6 Å². The minimum absolute atomic E-state index is 0.0816. The standard InChI is InChI=1S/C10H8ClNO3S/c1-7(13)10(6-12)16(14,15)9-4-2-8(11)3-5-9/h2-5,13H,1H3/b10-7+. The Bertz CT molecular complexity index is 563. The molecule has 0 spiro atoms. The lowest BCUT2D eigenvalue weighted by Crippen LogP contribution is -2.05. The monoisotopic (exact) mass is 257 g/mol. The zero-order chi connectivity index (χ0) is 12.3. The molecule has 0 aromatic heterocycles. The van der Waals surface area contributed by atoms with Crippen molar-refractivity contribution in [2.24, 2.45) is 0 Å². The summed E-state index contributed by atoms with van der Waals surface area (Å²) in [6.45, 7) is 1.14. The Morgan fingerprint density at radius 1 is 1.38 bits per heavy atom. The fourth-order valence-electron chi connectivity index (χ4n) is 1.07. The number of halogens is 1.